The van der Waals surface area contributed by atoms with Gasteiger partial charge < -0.3 is 20.2 Å². The average molecular weight is 421 g/mol. The number of anilines is 2. The molecule has 1 aromatic heterocycles. The summed E-state index contributed by atoms with van der Waals surface area (Å²) in [5, 5.41) is 13.0. The van der Waals surface area contributed by atoms with Crippen LogP contribution in [0.5, 0.6) is 0 Å². The molecular weight excluding hydrogens is 392 g/mol. The lowest BCUT2D eigenvalue weighted by atomic mass is 9.78. The molecule has 1 atom stereocenters. The van der Waals surface area contributed by atoms with Crippen molar-refractivity contribution >= 4 is 34.9 Å². The van der Waals surface area contributed by atoms with Crippen LogP contribution in [0.1, 0.15) is 51.9 Å². The molecule has 2 amide bonds. The van der Waals surface area contributed by atoms with Crippen molar-refractivity contribution in [1.29, 1.82) is 0 Å². The molecule has 0 aromatic carbocycles. The lowest BCUT2D eigenvalue weighted by Crippen LogP contribution is -2.50. The van der Waals surface area contributed by atoms with Gasteiger partial charge in [0, 0.05) is 32.6 Å². The molecule has 0 radical (unpaired) electrons. The molecule has 2 N–H and O–H groups in total. The van der Waals surface area contributed by atoms with E-state index in [1.807, 2.05) is 0 Å². The van der Waals surface area contributed by atoms with Crippen molar-refractivity contribution in [3.8, 4) is 0 Å². The van der Waals surface area contributed by atoms with Gasteiger partial charge in [0.25, 0.3) is 0 Å². The fraction of sp³-hybridized carbons (Fsp3) is 0.667. The lowest BCUT2D eigenvalue weighted by molar-refractivity contribution is -0.139. The summed E-state index contributed by atoms with van der Waals surface area (Å²) >= 11 is 6.47. The maximum atomic E-state index is 13.4. The monoisotopic (exact) mass is 420 g/mol. The molecule has 158 valence electrons. The predicted octanol–water partition coefficient (Wildman–Crippen LogP) is 2.82. The number of hydrogen-bond acceptors (Lipinski definition) is 5. The van der Waals surface area contributed by atoms with Gasteiger partial charge in [-0.25, -0.2) is 4.98 Å². The second-order valence-electron chi connectivity index (χ2n) is 8.73. The van der Waals surface area contributed by atoms with Crippen LogP contribution < -0.4 is 10.2 Å². The van der Waals surface area contributed by atoms with Crippen LogP contribution in [0.3, 0.4) is 0 Å². The van der Waals surface area contributed by atoms with Gasteiger partial charge in [-0.15, -0.1) is 0 Å². The van der Waals surface area contributed by atoms with E-state index in [1.165, 1.54) is 6.92 Å². The van der Waals surface area contributed by atoms with Crippen molar-refractivity contribution in [1.82, 2.24) is 9.88 Å². The minimum atomic E-state index is -0.365. The number of carbonyl (C=O) groups excluding carboxylic acids is 2. The molecule has 3 heterocycles. The number of pyridine rings is 1. The SMILES string of the molecule is CC(=O)Nc1cnc(N2CCCC3(CCN(C4CCC(O)CC4)C3=O)C2)c(Cl)c1. The van der Waals surface area contributed by atoms with Gasteiger partial charge in [0.1, 0.15) is 5.82 Å². The first-order valence-electron chi connectivity index (χ1n) is 10.6. The molecule has 1 unspecified atom stereocenters. The summed E-state index contributed by atoms with van der Waals surface area (Å²) in [5.41, 5.74) is 0.205. The Kier molecular flexibility index (Phi) is 5.71. The zero-order valence-corrected chi connectivity index (χ0v) is 17.6. The third kappa shape index (κ3) is 4.08. The Bertz CT molecular complexity index is 796. The number of rotatable bonds is 3. The lowest BCUT2D eigenvalue weighted by Gasteiger charge is -2.41. The maximum absolute atomic E-state index is 13.4. The van der Waals surface area contributed by atoms with Gasteiger partial charge in [-0.1, -0.05) is 11.6 Å². The molecule has 2 aliphatic heterocycles. The van der Waals surface area contributed by atoms with Crippen LogP contribution >= 0.6 is 11.6 Å². The molecule has 7 nitrogen and oxygen atoms in total. The highest BCUT2D eigenvalue weighted by molar-refractivity contribution is 6.33. The molecule has 2 saturated heterocycles. The molecule has 3 fully saturated rings. The Balaban J connectivity index is 1.48. The van der Waals surface area contributed by atoms with E-state index >= 15 is 0 Å². The fourth-order valence-electron chi connectivity index (χ4n) is 5.19. The number of hydrogen-bond donors (Lipinski definition) is 2. The predicted molar refractivity (Wildman–Crippen MR) is 112 cm³/mol. The third-order valence-electron chi connectivity index (χ3n) is 6.67. The normalized spacial score (nSPS) is 30.1. The zero-order valence-electron chi connectivity index (χ0n) is 16.9. The zero-order chi connectivity index (χ0) is 20.6. The van der Waals surface area contributed by atoms with E-state index in [9.17, 15) is 14.7 Å². The summed E-state index contributed by atoms with van der Waals surface area (Å²) in [4.78, 5) is 33.4. The number of nitrogens with one attached hydrogen (secondary N) is 1. The first-order chi connectivity index (χ1) is 13.9. The van der Waals surface area contributed by atoms with E-state index in [0.29, 0.717) is 23.1 Å². The van der Waals surface area contributed by atoms with Crippen LogP contribution in [-0.2, 0) is 9.59 Å². The highest BCUT2D eigenvalue weighted by Crippen LogP contribution is 2.44. The summed E-state index contributed by atoms with van der Waals surface area (Å²) in [6, 6.07) is 1.97. The number of carbonyl (C=O) groups is 2. The molecule has 1 aromatic rings. The standard InChI is InChI=1S/C21H29ClN4O3/c1-14(27)24-15-11-18(22)19(23-12-15)25-9-2-7-21(13-25)8-10-26(20(21)29)16-3-5-17(28)6-4-16/h11-12,16-17,28H,2-10,13H2,1H3,(H,24,27). The smallest absolute Gasteiger partial charge is 0.230 e. The van der Waals surface area contributed by atoms with E-state index in [4.69, 9.17) is 11.6 Å². The quantitative estimate of drug-likeness (QED) is 0.785. The highest BCUT2D eigenvalue weighted by atomic mass is 35.5. The Morgan fingerprint density at radius 2 is 2.03 bits per heavy atom. The van der Waals surface area contributed by atoms with Crippen molar-refractivity contribution in [2.75, 3.05) is 29.9 Å². The van der Waals surface area contributed by atoms with Crippen LogP contribution in [0.15, 0.2) is 12.3 Å². The summed E-state index contributed by atoms with van der Waals surface area (Å²) in [7, 11) is 0. The number of amides is 2. The van der Waals surface area contributed by atoms with E-state index in [-0.39, 0.29) is 29.4 Å². The second kappa shape index (κ2) is 8.11. The van der Waals surface area contributed by atoms with Gasteiger partial charge in [0.05, 0.1) is 28.4 Å². The first-order valence-corrected chi connectivity index (χ1v) is 10.9. The molecule has 4 rings (SSSR count). The van der Waals surface area contributed by atoms with E-state index in [1.54, 1.807) is 12.3 Å². The van der Waals surface area contributed by atoms with E-state index < -0.39 is 0 Å². The van der Waals surface area contributed by atoms with Crippen molar-refractivity contribution < 1.29 is 14.7 Å². The minimum absolute atomic E-state index is 0.167. The van der Waals surface area contributed by atoms with Crippen LogP contribution in [0.4, 0.5) is 11.5 Å². The summed E-state index contributed by atoms with van der Waals surface area (Å²) in [6.45, 7) is 3.69. The first kappa shape index (κ1) is 20.4. The highest BCUT2D eigenvalue weighted by Gasteiger charge is 2.51. The number of aliphatic hydroxyl groups excluding tert-OH is 1. The topological polar surface area (TPSA) is 85.8 Å². The molecule has 29 heavy (non-hydrogen) atoms. The second-order valence-corrected chi connectivity index (χ2v) is 9.13. The third-order valence-corrected chi connectivity index (χ3v) is 6.95. The summed E-state index contributed by atoms with van der Waals surface area (Å²) < 4.78 is 0. The van der Waals surface area contributed by atoms with E-state index in [2.05, 4.69) is 20.1 Å². The van der Waals surface area contributed by atoms with Crippen LogP contribution in [-0.4, -0.2) is 58.6 Å². The van der Waals surface area contributed by atoms with Gasteiger partial charge >= 0.3 is 0 Å². The molecule has 8 heteroatoms. The average Bonchev–Trinajstić information content (AvgIpc) is 2.98. The molecule has 1 spiro atoms. The number of aliphatic hydroxyl groups is 1. The van der Waals surface area contributed by atoms with Crippen molar-refractivity contribution in [2.45, 2.75) is 64.0 Å². The summed E-state index contributed by atoms with van der Waals surface area (Å²) in [6.07, 6.45) is 7.45. The Labute approximate surface area is 176 Å². The largest absolute Gasteiger partial charge is 0.393 e. The molecular formula is C21H29ClN4O3. The number of halogens is 1. The molecule has 1 aliphatic carbocycles. The number of piperidine rings is 1. The van der Waals surface area contributed by atoms with Crippen molar-refractivity contribution in [2.24, 2.45) is 5.41 Å². The van der Waals surface area contributed by atoms with Gasteiger partial charge in [0.2, 0.25) is 11.8 Å². The fourth-order valence-corrected chi connectivity index (χ4v) is 5.48. The maximum Gasteiger partial charge on any atom is 0.230 e. The van der Waals surface area contributed by atoms with Gasteiger partial charge in [-0.05, 0) is 51.0 Å². The molecule has 0 bridgehead atoms. The number of likely N-dealkylation sites (tertiary alicyclic amines) is 1. The van der Waals surface area contributed by atoms with Gasteiger partial charge in [0.15, 0.2) is 0 Å². The number of aromatic nitrogens is 1. The molecule has 1 saturated carbocycles. The summed E-state index contributed by atoms with van der Waals surface area (Å²) in [5.74, 6) is 0.765. The van der Waals surface area contributed by atoms with Crippen molar-refractivity contribution in [3.05, 3.63) is 17.3 Å². The van der Waals surface area contributed by atoms with Gasteiger partial charge in [-0.3, -0.25) is 9.59 Å². The van der Waals surface area contributed by atoms with Crippen LogP contribution in [0.25, 0.3) is 0 Å². The Hall–Kier alpha value is -1.86. The van der Waals surface area contributed by atoms with E-state index in [0.717, 1.165) is 58.0 Å². The number of nitrogens with zero attached hydrogens (tertiary/aromatic N) is 3. The Morgan fingerprint density at radius 1 is 1.28 bits per heavy atom. The minimum Gasteiger partial charge on any atom is -0.393 e. The van der Waals surface area contributed by atoms with Crippen LogP contribution in [0, 0.1) is 5.41 Å². The van der Waals surface area contributed by atoms with Gasteiger partial charge in [-0.2, -0.15) is 0 Å². The van der Waals surface area contributed by atoms with Crippen molar-refractivity contribution in [3.63, 3.8) is 0 Å². The Morgan fingerprint density at radius 3 is 2.72 bits per heavy atom. The molecule has 3 aliphatic rings. The van der Waals surface area contributed by atoms with Crippen LogP contribution in [0.2, 0.25) is 5.02 Å².